The molecule has 2 fully saturated rings. The molecule has 2 saturated heterocycles. The predicted molar refractivity (Wildman–Crippen MR) is 85.9 cm³/mol. The molecule has 0 aromatic heterocycles. The van der Waals surface area contributed by atoms with Crippen LogP contribution in [0.2, 0.25) is 5.02 Å². The molecule has 1 N–H and O–H groups in total. The smallest absolute Gasteiger partial charge is 0.246 e. The molecular formula is C15H21ClN2O3S. The number of piperidine rings is 1. The van der Waals surface area contributed by atoms with Crippen molar-refractivity contribution in [1.29, 1.82) is 0 Å². The van der Waals surface area contributed by atoms with Crippen LogP contribution in [0.5, 0.6) is 5.75 Å². The van der Waals surface area contributed by atoms with Crippen LogP contribution in [0.4, 0.5) is 0 Å². The van der Waals surface area contributed by atoms with Gasteiger partial charge < -0.3 is 10.1 Å². The SMILES string of the molecule is COc1ccc(Cl)cc1S(=O)(=O)N1CC[C@]2(CCCNC2)C1. The second-order valence-corrected chi connectivity index (χ2v) is 8.51. The van der Waals surface area contributed by atoms with Gasteiger partial charge in [-0.05, 0) is 49.4 Å². The molecule has 2 heterocycles. The Balaban J connectivity index is 1.89. The maximum Gasteiger partial charge on any atom is 0.246 e. The van der Waals surface area contributed by atoms with E-state index >= 15 is 0 Å². The minimum absolute atomic E-state index is 0.0805. The molecule has 0 saturated carbocycles. The Kier molecular flexibility index (Phi) is 4.38. The second-order valence-electron chi connectivity index (χ2n) is 6.16. The average molecular weight is 345 g/mol. The summed E-state index contributed by atoms with van der Waals surface area (Å²) in [4.78, 5) is 0.156. The lowest BCUT2D eigenvalue weighted by Gasteiger charge is -2.33. The number of ether oxygens (including phenoxy) is 1. The normalized spacial score (nSPS) is 26.5. The number of nitrogens with zero attached hydrogens (tertiary/aromatic N) is 1. The molecule has 0 radical (unpaired) electrons. The summed E-state index contributed by atoms with van der Waals surface area (Å²) in [6.45, 7) is 3.04. The van der Waals surface area contributed by atoms with Crippen molar-refractivity contribution in [2.45, 2.75) is 24.2 Å². The lowest BCUT2D eigenvalue weighted by molar-refractivity contribution is 0.224. The standard InChI is InChI=1S/C15H21ClN2O3S/c1-21-13-4-3-12(16)9-14(13)22(19,20)18-8-6-15(11-18)5-2-7-17-10-15/h3-4,9,17H,2,5-8,10-11H2,1H3/t15-/m0/s1. The number of hydrogen-bond acceptors (Lipinski definition) is 4. The third-order valence-electron chi connectivity index (χ3n) is 4.71. The van der Waals surface area contributed by atoms with Crippen LogP contribution in [0, 0.1) is 5.41 Å². The van der Waals surface area contributed by atoms with E-state index in [1.807, 2.05) is 0 Å². The number of nitrogens with one attached hydrogen (secondary N) is 1. The van der Waals surface area contributed by atoms with Crippen LogP contribution in [0.3, 0.4) is 0 Å². The van der Waals surface area contributed by atoms with Gasteiger partial charge in [0.25, 0.3) is 0 Å². The van der Waals surface area contributed by atoms with Crippen LogP contribution in [0.1, 0.15) is 19.3 Å². The molecule has 3 rings (SSSR count). The van der Waals surface area contributed by atoms with E-state index in [2.05, 4.69) is 5.32 Å². The molecule has 22 heavy (non-hydrogen) atoms. The molecule has 2 aliphatic rings. The van der Waals surface area contributed by atoms with Gasteiger partial charge in [0.1, 0.15) is 10.6 Å². The molecule has 2 aliphatic heterocycles. The first kappa shape index (κ1) is 16.1. The van der Waals surface area contributed by atoms with Crippen LogP contribution in [-0.4, -0.2) is 46.0 Å². The van der Waals surface area contributed by atoms with E-state index in [0.29, 0.717) is 23.9 Å². The third-order valence-corrected chi connectivity index (χ3v) is 6.81. The summed E-state index contributed by atoms with van der Waals surface area (Å²) in [7, 11) is -2.11. The maximum atomic E-state index is 13.0. The molecular weight excluding hydrogens is 324 g/mol. The maximum absolute atomic E-state index is 13.0. The fourth-order valence-corrected chi connectivity index (χ4v) is 5.44. The molecule has 1 aromatic rings. The molecule has 0 amide bonds. The van der Waals surface area contributed by atoms with E-state index in [0.717, 1.165) is 32.4 Å². The van der Waals surface area contributed by atoms with E-state index in [1.54, 1.807) is 16.4 Å². The number of benzene rings is 1. The zero-order chi connectivity index (χ0) is 15.8. The van der Waals surface area contributed by atoms with Crippen molar-refractivity contribution in [1.82, 2.24) is 9.62 Å². The van der Waals surface area contributed by atoms with E-state index in [4.69, 9.17) is 16.3 Å². The van der Waals surface area contributed by atoms with E-state index < -0.39 is 10.0 Å². The predicted octanol–water partition coefficient (Wildman–Crippen LogP) is 2.11. The van der Waals surface area contributed by atoms with Crippen LogP contribution in [0.15, 0.2) is 23.1 Å². The highest BCUT2D eigenvalue weighted by atomic mass is 35.5. The number of rotatable bonds is 3. The highest BCUT2D eigenvalue weighted by Crippen LogP contribution is 2.40. The molecule has 1 aromatic carbocycles. The number of methoxy groups -OCH3 is 1. The summed E-state index contributed by atoms with van der Waals surface area (Å²) in [5, 5.41) is 3.79. The largest absolute Gasteiger partial charge is 0.495 e. The fraction of sp³-hybridized carbons (Fsp3) is 0.600. The summed E-state index contributed by atoms with van der Waals surface area (Å²) in [5.74, 6) is 0.340. The van der Waals surface area contributed by atoms with Crippen molar-refractivity contribution in [2.75, 3.05) is 33.3 Å². The Bertz CT molecular complexity index is 657. The topological polar surface area (TPSA) is 58.6 Å². The number of halogens is 1. The monoisotopic (exact) mass is 344 g/mol. The lowest BCUT2D eigenvalue weighted by atomic mass is 9.80. The van der Waals surface area contributed by atoms with Gasteiger partial charge in [0.15, 0.2) is 0 Å². The van der Waals surface area contributed by atoms with Crippen molar-refractivity contribution >= 4 is 21.6 Å². The van der Waals surface area contributed by atoms with Gasteiger partial charge in [0.05, 0.1) is 7.11 Å². The summed E-state index contributed by atoms with van der Waals surface area (Å²) in [5.41, 5.74) is 0.0805. The molecule has 1 atom stereocenters. The summed E-state index contributed by atoms with van der Waals surface area (Å²) >= 11 is 5.98. The molecule has 1 spiro atoms. The fourth-order valence-electron chi connectivity index (χ4n) is 3.47. The van der Waals surface area contributed by atoms with Gasteiger partial charge in [-0.3, -0.25) is 0 Å². The Hall–Kier alpha value is -0.820. The van der Waals surface area contributed by atoms with Gasteiger partial charge in [-0.25, -0.2) is 8.42 Å². The molecule has 0 unspecified atom stereocenters. The van der Waals surface area contributed by atoms with E-state index in [-0.39, 0.29) is 10.3 Å². The van der Waals surface area contributed by atoms with Crippen molar-refractivity contribution in [3.63, 3.8) is 0 Å². The van der Waals surface area contributed by atoms with Crippen molar-refractivity contribution in [3.8, 4) is 5.75 Å². The zero-order valence-electron chi connectivity index (χ0n) is 12.6. The minimum Gasteiger partial charge on any atom is -0.495 e. The number of sulfonamides is 1. The van der Waals surface area contributed by atoms with Gasteiger partial charge in [0.2, 0.25) is 10.0 Å². The molecule has 7 heteroatoms. The van der Waals surface area contributed by atoms with Crippen LogP contribution in [0.25, 0.3) is 0 Å². The van der Waals surface area contributed by atoms with Crippen LogP contribution < -0.4 is 10.1 Å². The number of hydrogen-bond donors (Lipinski definition) is 1. The lowest BCUT2D eigenvalue weighted by Crippen LogP contribution is -2.42. The average Bonchev–Trinajstić information content (AvgIpc) is 2.92. The van der Waals surface area contributed by atoms with Crippen LogP contribution >= 0.6 is 11.6 Å². The molecule has 0 aliphatic carbocycles. The molecule has 0 bridgehead atoms. The van der Waals surface area contributed by atoms with Gasteiger partial charge in [-0.15, -0.1) is 0 Å². The summed E-state index contributed by atoms with van der Waals surface area (Å²) < 4.78 is 32.7. The Morgan fingerprint density at radius 2 is 2.18 bits per heavy atom. The Labute approximate surface area is 136 Å². The first-order valence-electron chi connectivity index (χ1n) is 7.51. The van der Waals surface area contributed by atoms with Crippen molar-refractivity contribution in [3.05, 3.63) is 23.2 Å². The first-order chi connectivity index (χ1) is 10.5. The quantitative estimate of drug-likeness (QED) is 0.912. The molecule has 122 valence electrons. The Morgan fingerprint density at radius 1 is 1.36 bits per heavy atom. The van der Waals surface area contributed by atoms with Gasteiger partial charge in [-0.2, -0.15) is 4.31 Å². The van der Waals surface area contributed by atoms with E-state index in [9.17, 15) is 8.42 Å². The first-order valence-corrected chi connectivity index (χ1v) is 9.33. The highest BCUT2D eigenvalue weighted by Gasteiger charge is 2.44. The zero-order valence-corrected chi connectivity index (χ0v) is 14.2. The second kappa shape index (κ2) is 6.00. The Morgan fingerprint density at radius 3 is 2.86 bits per heavy atom. The highest BCUT2D eigenvalue weighted by molar-refractivity contribution is 7.89. The minimum atomic E-state index is -3.58. The van der Waals surface area contributed by atoms with Gasteiger partial charge >= 0.3 is 0 Å². The molecule has 5 nitrogen and oxygen atoms in total. The van der Waals surface area contributed by atoms with Gasteiger partial charge in [-0.1, -0.05) is 11.6 Å². The third kappa shape index (κ3) is 2.85. The van der Waals surface area contributed by atoms with Gasteiger partial charge in [0, 0.05) is 24.7 Å². The van der Waals surface area contributed by atoms with Crippen LogP contribution in [-0.2, 0) is 10.0 Å². The van der Waals surface area contributed by atoms with Crippen molar-refractivity contribution in [2.24, 2.45) is 5.41 Å². The summed E-state index contributed by atoms with van der Waals surface area (Å²) in [6, 6.07) is 4.71. The van der Waals surface area contributed by atoms with Crippen molar-refractivity contribution < 1.29 is 13.2 Å². The summed E-state index contributed by atoms with van der Waals surface area (Å²) in [6.07, 6.45) is 3.09. The van der Waals surface area contributed by atoms with E-state index in [1.165, 1.54) is 13.2 Å².